The number of fused-ring (bicyclic) bond motifs is 2. The van der Waals surface area contributed by atoms with Crippen LogP contribution in [0.25, 0.3) is 0 Å². The Labute approximate surface area is 123 Å². The molecule has 2 bridgehead atoms. The molecule has 20 heavy (non-hydrogen) atoms. The molecule has 2 aliphatic rings. The third-order valence-corrected chi connectivity index (χ3v) is 4.54. The van der Waals surface area contributed by atoms with Gasteiger partial charge in [0, 0.05) is 6.04 Å². The van der Waals surface area contributed by atoms with E-state index in [0.717, 1.165) is 19.3 Å². The monoisotopic (exact) mass is 279 g/mol. The lowest BCUT2D eigenvalue weighted by Crippen LogP contribution is -2.46. The molecule has 0 aliphatic carbocycles. The second-order valence-corrected chi connectivity index (χ2v) is 7.15. The van der Waals surface area contributed by atoms with Gasteiger partial charge in [-0.05, 0) is 58.8 Å². The molecule has 3 nitrogen and oxygen atoms in total. The maximum atomic E-state index is 12.4. The summed E-state index contributed by atoms with van der Waals surface area (Å²) < 4.78 is 5.56. The van der Waals surface area contributed by atoms with E-state index < -0.39 is 5.60 Å². The van der Waals surface area contributed by atoms with Crippen molar-refractivity contribution in [2.24, 2.45) is 5.92 Å². The lowest BCUT2D eigenvalue weighted by molar-refractivity contribution is 0.0163. The molecule has 1 amide bonds. The average molecular weight is 279 g/mol. The van der Waals surface area contributed by atoms with Crippen LogP contribution in [0.15, 0.2) is 11.6 Å². The van der Waals surface area contributed by atoms with Crippen molar-refractivity contribution in [2.45, 2.75) is 84.4 Å². The third kappa shape index (κ3) is 3.18. The van der Waals surface area contributed by atoms with Crippen LogP contribution in [0.1, 0.15) is 66.7 Å². The minimum atomic E-state index is -0.407. The first-order valence-electron chi connectivity index (χ1n) is 8.07. The summed E-state index contributed by atoms with van der Waals surface area (Å²) in [7, 11) is 0. The maximum Gasteiger partial charge on any atom is 0.411 e. The van der Waals surface area contributed by atoms with E-state index in [0.29, 0.717) is 12.0 Å². The van der Waals surface area contributed by atoms with Crippen molar-refractivity contribution in [2.75, 3.05) is 0 Å². The predicted molar refractivity (Wildman–Crippen MR) is 81.7 cm³/mol. The molecule has 1 fully saturated rings. The van der Waals surface area contributed by atoms with E-state index in [4.69, 9.17) is 4.74 Å². The van der Waals surface area contributed by atoms with Gasteiger partial charge < -0.3 is 4.74 Å². The standard InChI is InChI=1S/C17H29NO2/c1-6-12(7-2)13-10-14-8-9-15(11-13)18(14)16(19)20-17(3,4)5/h10,12,14-15H,6-9,11H2,1-5H3. The first kappa shape index (κ1) is 15.4. The van der Waals surface area contributed by atoms with Gasteiger partial charge in [-0.1, -0.05) is 25.5 Å². The van der Waals surface area contributed by atoms with Crippen LogP contribution in [0.2, 0.25) is 0 Å². The van der Waals surface area contributed by atoms with E-state index in [2.05, 4.69) is 19.9 Å². The Hall–Kier alpha value is -0.990. The Morgan fingerprint density at radius 2 is 2.00 bits per heavy atom. The second-order valence-electron chi connectivity index (χ2n) is 7.15. The molecular formula is C17H29NO2. The van der Waals surface area contributed by atoms with Crippen molar-refractivity contribution >= 4 is 6.09 Å². The average Bonchev–Trinajstić information content (AvgIpc) is 2.61. The van der Waals surface area contributed by atoms with Crippen LogP contribution in [0, 0.1) is 5.92 Å². The Balaban J connectivity index is 2.11. The Morgan fingerprint density at radius 3 is 2.50 bits per heavy atom. The van der Waals surface area contributed by atoms with Crippen molar-refractivity contribution < 1.29 is 9.53 Å². The summed E-state index contributed by atoms with van der Waals surface area (Å²) in [6.07, 6.45) is 7.87. The Bertz CT molecular complexity index is 390. The largest absolute Gasteiger partial charge is 0.444 e. The topological polar surface area (TPSA) is 29.5 Å². The summed E-state index contributed by atoms with van der Waals surface area (Å²) in [5, 5.41) is 0. The number of nitrogens with zero attached hydrogens (tertiary/aromatic N) is 1. The van der Waals surface area contributed by atoms with E-state index in [9.17, 15) is 4.79 Å². The van der Waals surface area contributed by atoms with Crippen molar-refractivity contribution in [1.29, 1.82) is 0 Å². The van der Waals surface area contributed by atoms with Crippen molar-refractivity contribution in [3.8, 4) is 0 Å². The maximum absolute atomic E-state index is 12.4. The van der Waals surface area contributed by atoms with Crippen molar-refractivity contribution in [3.63, 3.8) is 0 Å². The van der Waals surface area contributed by atoms with Crippen LogP contribution in [0.5, 0.6) is 0 Å². The predicted octanol–water partition coefficient (Wildman–Crippen LogP) is 4.52. The fraction of sp³-hybridized carbons (Fsp3) is 0.824. The summed E-state index contributed by atoms with van der Waals surface area (Å²) in [6, 6.07) is 0.620. The van der Waals surface area contributed by atoms with Crippen molar-refractivity contribution in [1.82, 2.24) is 4.90 Å². The first-order chi connectivity index (χ1) is 9.35. The molecule has 0 N–H and O–H groups in total. The molecule has 2 heterocycles. The van der Waals surface area contributed by atoms with Crippen LogP contribution < -0.4 is 0 Å². The van der Waals surface area contributed by atoms with Crippen LogP contribution >= 0.6 is 0 Å². The van der Waals surface area contributed by atoms with Gasteiger partial charge in [0.1, 0.15) is 5.60 Å². The summed E-state index contributed by atoms with van der Waals surface area (Å²) in [4.78, 5) is 14.3. The highest BCUT2D eigenvalue weighted by Gasteiger charge is 2.42. The van der Waals surface area contributed by atoms with E-state index in [1.165, 1.54) is 12.8 Å². The normalized spacial score (nSPS) is 25.9. The van der Waals surface area contributed by atoms with Gasteiger partial charge in [0.2, 0.25) is 0 Å². The molecular weight excluding hydrogens is 250 g/mol. The Kier molecular flexibility index (Phi) is 4.46. The van der Waals surface area contributed by atoms with E-state index >= 15 is 0 Å². The molecule has 0 saturated carbocycles. The van der Waals surface area contributed by atoms with Gasteiger partial charge >= 0.3 is 6.09 Å². The Morgan fingerprint density at radius 1 is 1.35 bits per heavy atom. The minimum Gasteiger partial charge on any atom is -0.444 e. The molecule has 0 aromatic rings. The van der Waals surface area contributed by atoms with Gasteiger partial charge in [0.25, 0.3) is 0 Å². The smallest absolute Gasteiger partial charge is 0.411 e. The molecule has 0 aromatic carbocycles. The molecule has 0 aromatic heterocycles. The molecule has 3 heteroatoms. The fourth-order valence-corrected chi connectivity index (χ4v) is 3.58. The number of hydrogen-bond acceptors (Lipinski definition) is 2. The number of carbonyl (C=O) groups is 1. The van der Waals surface area contributed by atoms with Crippen molar-refractivity contribution in [3.05, 3.63) is 11.6 Å². The molecule has 2 aliphatic heterocycles. The van der Waals surface area contributed by atoms with Crippen LogP contribution in [-0.2, 0) is 4.74 Å². The number of hydrogen-bond donors (Lipinski definition) is 0. The highest BCUT2D eigenvalue weighted by atomic mass is 16.6. The number of ether oxygens (including phenoxy) is 1. The molecule has 0 radical (unpaired) electrons. The van der Waals surface area contributed by atoms with Crippen LogP contribution in [0.4, 0.5) is 4.79 Å². The zero-order valence-electron chi connectivity index (χ0n) is 13.6. The van der Waals surface area contributed by atoms with Gasteiger partial charge in [-0.25, -0.2) is 4.79 Å². The fourth-order valence-electron chi connectivity index (χ4n) is 3.58. The molecule has 0 spiro atoms. The summed E-state index contributed by atoms with van der Waals surface area (Å²) >= 11 is 0. The van der Waals surface area contributed by atoms with Gasteiger partial charge in [0.05, 0.1) is 6.04 Å². The van der Waals surface area contributed by atoms with Gasteiger partial charge in [-0.15, -0.1) is 0 Å². The quantitative estimate of drug-likeness (QED) is 0.711. The first-order valence-corrected chi connectivity index (χ1v) is 8.07. The van der Waals surface area contributed by atoms with Gasteiger partial charge in [-0.2, -0.15) is 0 Å². The molecule has 1 saturated heterocycles. The highest BCUT2D eigenvalue weighted by Crippen LogP contribution is 2.39. The van der Waals surface area contributed by atoms with Gasteiger partial charge in [-0.3, -0.25) is 4.90 Å². The zero-order chi connectivity index (χ0) is 14.9. The lowest BCUT2D eigenvalue weighted by Gasteiger charge is -2.37. The van der Waals surface area contributed by atoms with E-state index in [1.807, 2.05) is 25.7 Å². The molecule has 2 atom stereocenters. The number of amides is 1. The third-order valence-electron chi connectivity index (χ3n) is 4.54. The summed E-state index contributed by atoms with van der Waals surface area (Å²) in [5.41, 5.74) is 1.16. The lowest BCUT2D eigenvalue weighted by atomic mass is 9.87. The second kappa shape index (κ2) is 5.79. The van der Waals surface area contributed by atoms with Crippen LogP contribution in [0.3, 0.4) is 0 Å². The zero-order valence-corrected chi connectivity index (χ0v) is 13.6. The SMILES string of the molecule is CCC(CC)C1=CC2CCC(C1)N2C(=O)OC(C)(C)C. The van der Waals surface area contributed by atoms with Crippen LogP contribution in [-0.4, -0.2) is 28.7 Å². The summed E-state index contributed by atoms with van der Waals surface area (Å²) in [6.45, 7) is 10.3. The molecule has 2 rings (SSSR count). The highest BCUT2D eigenvalue weighted by molar-refractivity contribution is 5.70. The van der Waals surface area contributed by atoms with Gasteiger partial charge in [0.15, 0.2) is 0 Å². The molecule has 114 valence electrons. The van der Waals surface area contributed by atoms with E-state index in [1.54, 1.807) is 5.57 Å². The number of rotatable bonds is 3. The van der Waals surface area contributed by atoms with E-state index in [-0.39, 0.29) is 12.1 Å². The number of carbonyl (C=O) groups excluding carboxylic acids is 1. The minimum absolute atomic E-state index is 0.134. The molecule has 2 unspecified atom stereocenters. The summed E-state index contributed by atoms with van der Waals surface area (Å²) in [5.74, 6) is 0.693.